The number of aryl methyl sites for hydroxylation is 1. The van der Waals surface area contributed by atoms with Gasteiger partial charge in [-0.25, -0.2) is 0 Å². The first-order valence-corrected chi connectivity index (χ1v) is 4.49. The van der Waals surface area contributed by atoms with Gasteiger partial charge in [-0.2, -0.15) is 5.10 Å². The summed E-state index contributed by atoms with van der Waals surface area (Å²) in [4.78, 5) is 0. The third kappa shape index (κ3) is 2.15. The zero-order chi connectivity index (χ0) is 9.10. The second-order valence-electron chi connectivity index (χ2n) is 3.26. The molecule has 4 nitrogen and oxygen atoms in total. The summed E-state index contributed by atoms with van der Waals surface area (Å²) in [7, 11) is 0. The highest BCUT2D eigenvalue weighted by atomic mass is 16.5. The lowest BCUT2D eigenvalue weighted by molar-refractivity contribution is 0.195. The van der Waals surface area contributed by atoms with E-state index in [9.17, 15) is 0 Å². The first kappa shape index (κ1) is 8.44. The van der Waals surface area contributed by atoms with Crippen LogP contribution in [0.3, 0.4) is 0 Å². The van der Waals surface area contributed by atoms with Gasteiger partial charge in [0, 0.05) is 6.61 Å². The van der Waals surface area contributed by atoms with Crippen LogP contribution in [0.25, 0.3) is 0 Å². The van der Waals surface area contributed by atoms with E-state index in [4.69, 9.17) is 4.74 Å². The summed E-state index contributed by atoms with van der Waals surface area (Å²) in [6.45, 7) is 3.54. The molecule has 1 atom stereocenters. The maximum Gasteiger partial charge on any atom is 0.148 e. The summed E-state index contributed by atoms with van der Waals surface area (Å²) >= 11 is 0. The summed E-state index contributed by atoms with van der Waals surface area (Å²) in [5.41, 5.74) is 0.938. The van der Waals surface area contributed by atoms with E-state index < -0.39 is 0 Å². The number of ether oxygens (including phenoxy) is 1. The summed E-state index contributed by atoms with van der Waals surface area (Å²) in [5, 5.41) is 11.3. The number of anilines is 1. The number of rotatable bonds is 2. The second kappa shape index (κ2) is 3.70. The van der Waals surface area contributed by atoms with Crippen LogP contribution in [0.5, 0.6) is 0 Å². The van der Waals surface area contributed by atoms with E-state index in [0.29, 0.717) is 6.04 Å². The molecular formula is C9H13N3O. The zero-order valence-corrected chi connectivity index (χ0v) is 7.66. The van der Waals surface area contributed by atoms with Gasteiger partial charge in [0.2, 0.25) is 0 Å². The number of nitrogens with zero attached hydrogens (tertiary/aromatic N) is 2. The second-order valence-corrected chi connectivity index (χ2v) is 3.26. The van der Waals surface area contributed by atoms with E-state index >= 15 is 0 Å². The highest BCUT2D eigenvalue weighted by molar-refractivity contribution is 5.34. The molecule has 4 heteroatoms. The molecule has 1 aliphatic heterocycles. The molecule has 0 bridgehead atoms. The molecule has 1 unspecified atom stereocenters. The molecule has 2 heterocycles. The molecular weight excluding hydrogens is 166 g/mol. The minimum Gasteiger partial charge on any atom is -0.379 e. The van der Waals surface area contributed by atoms with Crippen LogP contribution in [0.2, 0.25) is 0 Å². The van der Waals surface area contributed by atoms with Crippen molar-refractivity contribution in [3.63, 3.8) is 0 Å². The van der Waals surface area contributed by atoms with Gasteiger partial charge in [-0.15, -0.1) is 5.10 Å². The fraction of sp³-hybridized carbons (Fsp3) is 0.556. The van der Waals surface area contributed by atoms with Crippen molar-refractivity contribution in [1.82, 2.24) is 10.2 Å². The topological polar surface area (TPSA) is 47.0 Å². The Kier molecular flexibility index (Phi) is 2.40. The van der Waals surface area contributed by atoms with E-state index in [0.717, 1.165) is 31.1 Å². The van der Waals surface area contributed by atoms with E-state index in [1.54, 1.807) is 0 Å². The largest absolute Gasteiger partial charge is 0.379 e. The predicted octanol–water partition coefficient (Wildman–Crippen LogP) is 0.986. The molecule has 1 N–H and O–H groups in total. The summed E-state index contributed by atoms with van der Waals surface area (Å²) in [6, 6.07) is 4.29. The Morgan fingerprint density at radius 1 is 1.46 bits per heavy atom. The number of nitrogens with one attached hydrogen (secondary N) is 1. The normalized spacial score (nSPS) is 21.8. The molecule has 1 fully saturated rings. The van der Waals surface area contributed by atoms with Crippen molar-refractivity contribution in [2.24, 2.45) is 0 Å². The maximum atomic E-state index is 5.24. The molecule has 13 heavy (non-hydrogen) atoms. The van der Waals surface area contributed by atoms with E-state index in [1.807, 2.05) is 19.1 Å². The molecule has 0 spiro atoms. The van der Waals surface area contributed by atoms with Crippen molar-refractivity contribution in [3.8, 4) is 0 Å². The van der Waals surface area contributed by atoms with Gasteiger partial charge in [-0.05, 0) is 25.5 Å². The Morgan fingerprint density at radius 2 is 2.38 bits per heavy atom. The summed E-state index contributed by atoms with van der Waals surface area (Å²) < 4.78 is 5.24. The minimum atomic E-state index is 0.400. The Balaban J connectivity index is 1.97. The van der Waals surface area contributed by atoms with Crippen LogP contribution in [-0.2, 0) is 4.74 Å². The van der Waals surface area contributed by atoms with Gasteiger partial charge < -0.3 is 10.1 Å². The van der Waals surface area contributed by atoms with Crippen LogP contribution in [0.1, 0.15) is 12.1 Å². The molecule has 1 aromatic rings. The Bertz CT molecular complexity index is 267. The van der Waals surface area contributed by atoms with Gasteiger partial charge in [0.1, 0.15) is 5.82 Å². The Morgan fingerprint density at radius 3 is 3.00 bits per heavy atom. The molecule has 1 aromatic heterocycles. The maximum absolute atomic E-state index is 5.24. The first-order chi connectivity index (χ1) is 6.34. The fourth-order valence-corrected chi connectivity index (χ4v) is 1.33. The third-order valence-electron chi connectivity index (χ3n) is 2.08. The van der Waals surface area contributed by atoms with Crippen molar-refractivity contribution in [1.29, 1.82) is 0 Å². The standard InChI is InChI=1S/C9H13N3O/c1-7-2-3-9(12-11-7)10-8-4-5-13-6-8/h2-3,8H,4-6H2,1H3,(H,10,12). The lowest BCUT2D eigenvalue weighted by atomic mass is 10.2. The molecule has 2 rings (SSSR count). The molecule has 0 aliphatic carbocycles. The Labute approximate surface area is 77.3 Å². The monoisotopic (exact) mass is 179 g/mol. The lowest BCUT2D eigenvalue weighted by Gasteiger charge is -2.09. The summed E-state index contributed by atoms with van der Waals surface area (Å²) in [6.07, 6.45) is 1.05. The van der Waals surface area contributed by atoms with Crippen molar-refractivity contribution < 1.29 is 4.74 Å². The average molecular weight is 179 g/mol. The predicted molar refractivity (Wildman–Crippen MR) is 49.6 cm³/mol. The fourth-order valence-electron chi connectivity index (χ4n) is 1.33. The minimum absolute atomic E-state index is 0.400. The van der Waals surface area contributed by atoms with Crippen LogP contribution >= 0.6 is 0 Å². The van der Waals surface area contributed by atoms with Gasteiger partial charge in [0.15, 0.2) is 0 Å². The van der Waals surface area contributed by atoms with Crippen LogP contribution < -0.4 is 5.32 Å². The van der Waals surface area contributed by atoms with Crippen molar-refractivity contribution in [2.45, 2.75) is 19.4 Å². The van der Waals surface area contributed by atoms with Crippen LogP contribution in [0.4, 0.5) is 5.82 Å². The molecule has 0 amide bonds. The average Bonchev–Trinajstić information content (AvgIpc) is 2.62. The molecule has 70 valence electrons. The number of hydrogen-bond acceptors (Lipinski definition) is 4. The van der Waals surface area contributed by atoms with Gasteiger partial charge >= 0.3 is 0 Å². The van der Waals surface area contributed by atoms with Gasteiger partial charge in [0.05, 0.1) is 18.3 Å². The van der Waals surface area contributed by atoms with Crippen LogP contribution in [0.15, 0.2) is 12.1 Å². The quantitative estimate of drug-likeness (QED) is 0.735. The van der Waals surface area contributed by atoms with Gasteiger partial charge in [-0.3, -0.25) is 0 Å². The third-order valence-corrected chi connectivity index (χ3v) is 2.08. The van der Waals surface area contributed by atoms with Crippen molar-refractivity contribution >= 4 is 5.82 Å². The molecule has 1 saturated heterocycles. The SMILES string of the molecule is Cc1ccc(NC2CCOC2)nn1. The van der Waals surface area contributed by atoms with E-state index in [-0.39, 0.29) is 0 Å². The zero-order valence-electron chi connectivity index (χ0n) is 7.66. The molecule has 0 radical (unpaired) electrons. The van der Waals surface area contributed by atoms with Crippen molar-refractivity contribution in [3.05, 3.63) is 17.8 Å². The lowest BCUT2D eigenvalue weighted by Crippen LogP contribution is -2.19. The number of hydrogen-bond donors (Lipinski definition) is 1. The van der Waals surface area contributed by atoms with Gasteiger partial charge in [0.25, 0.3) is 0 Å². The first-order valence-electron chi connectivity index (χ1n) is 4.49. The molecule has 1 aliphatic rings. The van der Waals surface area contributed by atoms with E-state index in [1.165, 1.54) is 0 Å². The smallest absolute Gasteiger partial charge is 0.148 e. The summed E-state index contributed by atoms with van der Waals surface area (Å²) in [5.74, 6) is 0.834. The highest BCUT2D eigenvalue weighted by Gasteiger charge is 2.15. The van der Waals surface area contributed by atoms with Crippen LogP contribution in [-0.4, -0.2) is 29.5 Å². The highest BCUT2D eigenvalue weighted by Crippen LogP contribution is 2.10. The van der Waals surface area contributed by atoms with Crippen molar-refractivity contribution in [2.75, 3.05) is 18.5 Å². The molecule has 0 aromatic carbocycles. The van der Waals surface area contributed by atoms with Crippen LogP contribution in [0, 0.1) is 6.92 Å². The number of aromatic nitrogens is 2. The van der Waals surface area contributed by atoms with Gasteiger partial charge in [-0.1, -0.05) is 0 Å². The Hall–Kier alpha value is -1.16. The molecule has 0 saturated carbocycles. The van der Waals surface area contributed by atoms with E-state index in [2.05, 4.69) is 15.5 Å².